The van der Waals surface area contributed by atoms with Gasteiger partial charge < -0.3 is 20.3 Å². The number of alkyl halides is 3. The molecule has 0 bridgehead atoms. The molecule has 40 heavy (non-hydrogen) atoms. The van der Waals surface area contributed by atoms with Crippen molar-refractivity contribution in [2.24, 2.45) is 11.3 Å². The first-order valence-corrected chi connectivity index (χ1v) is 13.5. The summed E-state index contributed by atoms with van der Waals surface area (Å²) in [4.78, 5) is 23.1. The Morgan fingerprint density at radius 3 is 2.27 bits per heavy atom. The van der Waals surface area contributed by atoms with Crippen molar-refractivity contribution in [2.75, 3.05) is 6.54 Å². The minimum Gasteiger partial charge on any atom is -0.489 e. The van der Waals surface area contributed by atoms with E-state index in [1.165, 1.54) is 36.4 Å². The second-order valence-corrected chi connectivity index (χ2v) is 10.1. The summed E-state index contributed by atoms with van der Waals surface area (Å²) in [6.45, 7) is 3.49. The van der Waals surface area contributed by atoms with E-state index in [9.17, 15) is 27.9 Å². The second-order valence-electron chi connectivity index (χ2n) is 10.1. The van der Waals surface area contributed by atoms with Gasteiger partial charge in [0.25, 0.3) is 5.91 Å². The molecule has 6 nitrogen and oxygen atoms in total. The predicted octanol–water partition coefficient (Wildman–Crippen LogP) is 6.42. The summed E-state index contributed by atoms with van der Waals surface area (Å²) in [5, 5.41) is 20.4. The fraction of sp³-hybridized carbons (Fsp3) is 0.419. The van der Waals surface area contributed by atoms with Crippen LogP contribution in [-0.4, -0.2) is 47.0 Å². The number of hydrogen-bond acceptors (Lipinski definition) is 4. The molecule has 4 atom stereocenters. The summed E-state index contributed by atoms with van der Waals surface area (Å²) >= 11 is 0. The van der Waals surface area contributed by atoms with Gasteiger partial charge in [0.05, 0.1) is 6.54 Å². The van der Waals surface area contributed by atoms with E-state index in [0.29, 0.717) is 0 Å². The maximum Gasteiger partial charge on any atom is 0.401 e. The van der Waals surface area contributed by atoms with Gasteiger partial charge in [-0.2, -0.15) is 13.2 Å². The zero-order valence-electron chi connectivity index (χ0n) is 22.7. The molecule has 0 fully saturated rings. The van der Waals surface area contributed by atoms with Crippen LogP contribution in [0, 0.1) is 11.3 Å². The number of aliphatic hydroxyl groups is 1. The van der Waals surface area contributed by atoms with Gasteiger partial charge in [-0.05, 0) is 54.2 Å². The molecule has 0 spiro atoms. The summed E-state index contributed by atoms with van der Waals surface area (Å²) in [5.41, 5.74) is -0.523. The third-order valence-electron chi connectivity index (χ3n) is 7.39. The van der Waals surface area contributed by atoms with Crippen molar-refractivity contribution in [3.63, 3.8) is 0 Å². The second kappa shape index (κ2) is 13.7. The highest BCUT2D eigenvalue weighted by atomic mass is 19.4. The molecule has 9 heteroatoms. The lowest BCUT2D eigenvalue weighted by Crippen LogP contribution is -2.50. The molecule has 1 amide bonds. The van der Waals surface area contributed by atoms with E-state index in [2.05, 4.69) is 5.32 Å². The largest absolute Gasteiger partial charge is 0.489 e. The number of amides is 1. The lowest BCUT2D eigenvalue weighted by Gasteiger charge is -2.42. The molecule has 0 aromatic heterocycles. The van der Waals surface area contributed by atoms with Gasteiger partial charge in [0.2, 0.25) is 0 Å². The SMILES string of the molecule is CCCC(CC)CC(Oc1ccc(C(=O)NCC(O)C(=O)O)cc1)C1(C(F)(F)F)C=CC(c2ccccc2)=CC1. The number of aliphatic hydroxyl groups excluding tert-OH is 1. The first kappa shape index (κ1) is 30.9. The molecule has 2 aromatic rings. The molecule has 0 heterocycles. The number of allylic oxidation sites excluding steroid dienone is 3. The highest BCUT2D eigenvalue weighted by molar-refractivity contribution is 5.94. The van der Waals surface area contributed by atoms with Crippen molar-refractivity contribution < 1.29 is 37.7 Å². The fourth-order valence-electron chi connectivity index (χ4n) is 4.92. The zero-order chi connectivity index (χ0) is 29.3. The van der Waals surface area contributed by atoms with Crippen molar-refractivity contribution in [1.82, 2.24) is 5.32 Å². The number of hydrogen-bond donors (Lipinski definition) is 3. The van der Waals surface area contributed by atoms with Crippen molar-refractivity contribution in [3.8, 4) is 5.75 Å². The quantitative estimate of drug-likeness (QED) is 0.263. The number of nitrogens with one attached hydrogen (secondary N) is 1. The van der Waals surface area contributed by atoms with Gasteiger partial charge in [0, 0.05) is 5.56 Å². The fourth-order valence-corrected chi connectivity index (χ4v) is 4.92. The Labute approximate surface area is 232 Å². The van der Waals surface area contributed by atoms with Crippen molar-refractivity contribution in [1.29, 1.82) is 0 Å². The highest BCUT2D eigenvalue weighted by Gasteiger charge is 2.59. The van der Waals surface area contributed by atoms with Gasteiger partial charge in [-0.15, -0.1) is 0 Å². The van der Waals surface area contributed by atoms with Crippen LogP contribution in [0.2, 0.25) is 0 Å². The van der Waals surface area contributed by atoms with Crippen LogP contribution in [0.1, 0.15) is 61.9 Å². The van der Waals surface area contributed by atoms with Crippen LogP contribution < -0.4 is 10.1 Å². The third-order valence-corrected chi connectivity index (χ3v) is 7.39. The number of ether oxygens (including phenoxy) is 1. The molecule has 3 N–H and O–H groups in total. The highest BCUT2D eigenvalue weighted by Crippen LogP contribution is 2.51. The summed E-state index contributed by atoms with van der Waals surface area (Å²) in [5.74, 6) is -1.87. The summed E-state index contributed by atoms with van der Waals surface area (Å²) < 4.78 is 50.9. The Balaban J connectivity index is 1.88. The molecular formula is C31H36F3NO5. The number of halogens is 3. The smallest absolute Gasteiger partial charge is 0.401 e. The van der Waals surface area contributed by atoms with Crippen LogP contribution in [-0.2, 0) is 4.79 Å². The first-order chi connectivity index (χ1) is 19.0. The molecule has 0 aliphatic heterocycles. The molecule has 1 aliphatic rings. The van der Waals surface area contributed by atoms with Crippen LogP contribution >= 0.6 is 0 Å². The van der Waals surface area contributed by atoms with E-state index in [0.717, 1.165) is 30.4 Å². The molecule has 0 saturated carbocycles. The van der Waals surface area contributed by atoms with Gasteiger partial charge in [-0.1, -0.05) is 81.7 Å². The van der Waals surface area contributed by atoms with E-state index < -0.39 is 42.2 Å². The van der Waals surface area contributed by atoms with Gasteiger partial charge in [0.1, 0.15) is 17.3 Å². The number of aliphatic carboxylic acids is 1. The first-order valence-electron chi connectivity index (χ1n) is 13.5. The van der Waals surface area contributed by atoms with Crippen LogP contribution in [0.25, 0.3) is 5.57 Å². The van der Waals surface area contributed by atoms with Crippen molar-refractivity contribution in [3.05, 3.63) is 84.0 Å². The molecule has 2 aromatic carbocycles. The predicted molar refractivity (Wildman–Crippen MR) is 147 cm³/mol. The van der Waals surface area contributed by atoms with Crippen LogP contribution in [0.4, 0.5) is 13.2 Å². The lowest BCUT2D eigenvalue weighted by atomic mass is 9.71. The van der Waals surface area contributed by atoms with E-state index in [1.54, 1.807) is 6.08 Å². The number of carbonyl (C=O) groups excluding carboxylic acids is 1. The molecule has 4 unspecified atom stereocenters. The van der Waals surface area contributed by atoms with Crippen LogP contribution in [0.15, 0.2) is 72.8 Å². The number of benzene rings is 2. The average molecular weight is 560 g/mol. The van der Waals surface area contributed by atoms with E-state index in [1.807, 2.05) is 44.2 Å². The minimum absolute atomic E-state index is 0.0350. The van der Waals surface area contributed by atoms with E-state index >= 15 is 0 Å². The summed E-state index contributed by atoms with van der Waals surface area (Å²) in [6.07, 6.45) is -0.858. The summed E-state index contributed by atoms with van der Waals surface area (Å²) in [7, 11) is 0. The molecule has 0 saturated heterocycles. The normalized spacial score (nSPS) is 19.3. The molecule has 216 valence electrons. The Bertz CT molecular complexity index is 1190. The van der Waals surface area contributed by atoms with Crippen LogP contribution in [0.5, 0.6) is 5.75 Å². The third kappa shape index (κ3) is 7.53. The topological polar surface area (TPSA) is 95.9 Å². The van der Waals surface area contributed by atoms with Crippen molar-refractivity contribution in [2.45, 2.75) is 64.3 Å². The Morgan fingerprint density at radius 1 is 1.07 bits per heavy atom. The standard InChI is InChI=1S/C31H36F3NO5/c1-3-8-21(4-2)19-27(40-25-13-11-24(12-14-25)28(37)35-20-26(36)29(38)39)30(31(32,33)34)17-15-23(16-18-30)22-9-6-5-7-10-22/h5-7,9-17,21,26-27,36H,3-4,8,18-20H2,1-2H3,(H,35,37)(H,38,39). The maximum absolute atomic E-state index is 14.9. The molecule has 0 radical (unpaired) electrons. The minimum atomic E-state index is -4.58. The van der Waals surface area contributed by atoms with Gasteiger partial charge in [-0.3, -0.25) is 4.79 Å². The van der Waals surface area contributed by atoms with E-state index in [4.69, 9.17) is 9.84 Å². The Kier molecular flexibility index (Phi) is 10.6. The number of carboxylic acids is 1. The van der Waals surface area contributed by atoms with Gasteiger partial charge in [-0.25, -0.2) is 4.79 Å². The molecule has 3 rings (SSSR count). The van der Waals surface area contributed by atoms with Gasteiger partial charge >= 0.3 is 12.1 Å². The monoisotopic (exact) mass is 559 g/mol. The lowest BCUT2D eigenvalue weighted by molar-refractivity contribution is -0.232. The van der Waals surface area contributed by atoms with Crippen molar-refractivity contribution >= 4 is 17.4 Å². The number of carboxylic acid groups (broad SMARTS) is 1. The van der Waals surface area contributed by atoms with E-state index in [-0.39, 0.29) is 30.1 Å². The molecular weight excluding hydrogens is 523 g/mol. The average Bonchev–Trinajstić information content (AvgIpc) is 2.95. The number of carbonyl (C=O) groups is 2. The number of rotatable bonds is 13. The van der Waals surface area contributed by atoms with Gasteiger partial charge in [0.15, 0.2) is 6.10 Å². The Morgan fingerprint density at radius 2 is 1.75 bits per heavy atom. The zero-order valence-corrected chi connectivity index (χ0v) is 22.7. The van der Waals surface area contributed by atoms with Crippen LogP contribution in [0.3, 0.4) is 0 Å². The molecule has 1 aliphatic carbocycles. The summed E-state index contributed by atoms with van der Waals surface area (Å²) in [6, 6.07) is 14.9. The maximum atomic E-state index is 14.9. The Hall–Kier alpha value is -3.59.